The molecule has 93 valence electrons. The van der Waals surface area contributed by atoms with E-state index in [1.54, 1.807) is 0 Å². The van der Waals surface area contributed by atoms with Gasteiger partial charge < -0.3 is 0 Å². The number of hydrogen-bond acceptors (Lipinski definition) is 2. The van der Waals surface area contributed by atoms with Crippen molar-refractivity contribution in [3.63, 3.8) is 0 Å². The minimum absolute atomic E-state index is 0. The van der Waals surface area contributed by atoms with Gasteiger partial charge in [0.1, 0.15) is 11.9 Å². The van der Waals surface area contributed by atoms with Gasteiger partial charge in [-0.25, -0.2) is 4.21 Å². The first-order valence-electron chi connectivity index (χ1n) is 6.36. The van der Waals surface area contributed by atoms with Crippen LogP contribution in [0.3, 0.4) is 0 Å². The van der Waals surface area contributed by atoms with E-state index in [-0.39, 0.29) is 41.5 Å². The summed E-state index contributed by atoms with van der Waals surface area (Å²) in [6, 6.07) is 0. The fraction of sp³-hybridized carbons (Fsp3) is 1.00. The second-order valence-electron chi connectivity index (χ2n) is 4.09. The summed E-state index contributed by atoms with van der Waals surface area (Å²) in [5.74, 6) is 0. The van der Waals surface area contributed by atoms with Crippen molar-refractivity contribution >= 4 is 41.5 Å². The molecule has 4 heteroatoms. The van der Waals surface area contributed by atoms with Gasteiger partial charge in [-0.05, 0) is 6.42 Å². The Balaban J connectivity index is 0. The van der Waals surface area contributed by atoms with Crippen molar-refractivity contribution < 1.29 is 8.39 Å². The number of rotatable bonds is 12. The quantitative estimate of drug-likeness (QED) is 0.329. The number of hydrogen-bond donors (Lipinski definition) is 1. The molecule has 0 aliphatic carbocycles. The molecule has 2 nitrogen and oxygen atoms in total. The molecular formula is C12H26NaO2S. The summed E-state index contributed by atoms with van der Waals surface area (Å²) >= 11 is -0.175. The smallest absolute Gasteiger partial charge is 0.142 e. The SMILES string of the molecule is CCCCCCCCCCCCO[SH]=O.[Na]. The van der Waals surface area contributed by atoms with Crippen LogP contribution in [-0.2, 0) is 16.1 Å². The van der Waals surface area contributed by atoms with Gasteiger partial charge in [0, 0.05) is 29.6 Å². The van der Waals surface area contributed by atoms with Crippen molar-refractivity contribution in [2.45, 2.75) is 71.1 Å². The van der Waals surface area contributed by atoms with E-state index in [0.29, 0.717) is 6.61 Å². The van der Waals surface area contributed by atoms with E-state index in [4.69, 9.17) is 4.18 Å². The second kappa shape index (κ2) is 18.5. The zero-order chi connectivity index (χ0) is 11.2. The van der Waals surface area contributed by atoms with Crippen LogP contribution in [0.15, 0.2) is 0 Å². The molecule has 0 heterocycles. The van der Waals surface area contributed by atoms with E-state index in [1.807, 2.05) is 0 Å². The molecule has 0 unspecified atom stereocenters. The molecule has 1 radical (unpaired) electrons. The van der Waals surface area contributed by atoms with Gasteiger partial charge in [0.05, 0.1) is 6.61 Å². The van der Waals surface area contributed by atoms with E-state index in [2.05, 4.69) is 6.92 Å². The van der Waals surface area contributed by atoms with Gasteiger partial charge in [-0.2, -0.15) is 0 Å². The molecule has 0 amide bonds. The Morgan fingerprint density at radius 2 is 1.25 bits per heavy atom. The van der Waals surface area contributed by atoms with E-state index in [0.717, 1.165) is 6.42 Å². The predicted molar refractivity (Wildman–Crippen MR) is 73.1 cm³/mol. The molecule has 0 atom stereocenters. The molecule has 0 aliphatic heterocycles. The summed E-state index contributed by atoms with van der Waals surface area (Å²) in [4.78, 5) is 0. The molecule has 0 saturated carbocycles. The van der Waals surface area contributed by atoms with Gasteiger partial charge in [0.15, 0.2) is 0 Å². The zero-order valence-electron chi connectivity index (χ0n) is 11.0. The Bertz CT molecular complexity index is 134. The third kappa shape index (κ3) is 17.5. The summed E-state index contributed by atoms with van der Waals surface area (Å²) in [6.07, 6.45) is 13.2. The van der Waals surface area contributed by atoms with Gasteiger partial charge in [0.2, 0.25) is 0 Å². The van der Waals surface area contributed by atoms with Crippen LogP contribution in [0.1, 0.15) is 71.1 Å². The minimum Gasteiger partial charge on any atom is -0.293 e. The molecule has 0 bridgehead atoms. The summed E-state index contributed by atoms with van der Waals surface area (Å²) in [7, 11) is 0. The molecule has 0 spiro atoms. The van der Waals surface area contributed by atoms with Crippen LogP contribution in [0.2, 0.25) is 0 Å². The van der Waals surface area contributed by atoms with Gasteiger partial charge in [-0.1, -0.05) is 64.7 Å². The van der Waals surface area contributed by atoms with Crippen LogP contribution in [0.25, 0.3) is 0 Å². The fourth-order valence-electron chi connectivity index (χ4n) is 1.69. The van der Waals surface area contributed by atoms with Gasteiger partial charge in [0.25, 0.3) is 0 Å². The third-order valence-electron chi connectivity index (χ3n) is 2.64. The van der Waals surface area contributed by atoms with Crippen molar-refractivity contribution in [2.75, 3.05) is 6.61 Å². The molecule has 0 aliphatic rings. The minimum atomic E-state index is -0.175. The van der Waals surface area contributed by atoms with Crippen LogP contribution in [0.4, 0.5) is 0 Å². The monoisotopic (exact) mass is 257 g/mol. The molecule has 16 heavy (non-hydrogen) atoms. The van der Waals surface area contributed by atoms with Crippen LogP contribution in [-0.4, -0.2) is 40.4 Å². The molecule has 0 aromatic carbocycles. The topological polar surface area (TPSA) is 26.3 Å². The summed E-state index contributed by atoms with van der Waals surface area (Å²) < 4.78 is 14.7. The predicted octanol–water partition coefficient (Wildman–Crippen LogP) is 3.40. The summed E-state index contributed by atoms with van der Waals surface area (Å²) in [5, 5.41) is 0. The van der Waals surface area contributed by atoms with Gasteiger partial charge in [-0.3, -0.25) is 4.18 Å². The van der Waals surface area contributed by atoms with Gasteiger partial charge in [-0.15, -0.1) is 0 Å². The van der Waals surface area contributed by atoms with Crippen LogP contribution in [0.5, 0.6) is 0 Å². The zero-order valence-corrected chi connectivity index (χ0v) is 13.9. The third-order valence-corrected chi connectivity index (χ3v) is 2.93. The van der Waals surface area contributed by atoms with E-state index in [9.17, 15) is 4.21 Å². The van der Waals surface area contributed by atoms with E-state index in [1.165, 1.54) is 57.8 Å². The summed E-state index contributed by atoms with van der Waals surface area (Å²) in [6.45, 7) is 2.89. The van der Waals surface area contributed by atoms with Crippen LogP contribution in [0, 0.1) is 0 Å². The Hall–Kier alpha value is 1.11. The van der Waals surface area contributed by atoms with Gasteiger partial charge >= 0.3 is 0 Å². The van der Waals surface area contributed by atoms with Crippen molar-refractivity contribution in [2.24, 2.45) is 0 Å². The summed E-state index contributed by atoms with van der Waals surface area (Å²) in [5.41, 5.74) is 0. The van der Waals surface area contributed by atoms with Crippen LogP contribution >= 0.6 is 0 Å². The maximum atomic E-state index is 9.94. The van der Waals surface area contributed by atoms with Crippen molar-refractivity contribution in [3.8, 4) is 0 Å². The second-order valence-corrected chi connectivity index (χ2v) is 4.50. The van der Waals surface area contributed by atoms with Crippen molar-refractivity contribution in [1.82, 2.24) is 0 Å². The number of unbranched alkanes of at least 4 members (excludes halogenated alkanes) is 9. The maximum Gasteiger partial charge on any atom is 0.142 e. The molecule has 0 saturated heterocycles. The molecule has 0 rings (SSSR count). The fourth-order valence-corrected chi connectivity index (χ4v) is 1.89. The molecule has 0 N–H and O–H groups in total. The molecular weight excluding hydrogens is 231 g/mol. The Labute approximate surface area is 127 Å². The van der Waals surface area contributed by atoms with Crippen LogP contribution < -0.4 is 0 Å². The average molecular weight is 257 g/mol. The first-order valence-corrected chi connectivity index (χ1v) is 7.09. The standard InChI is InChI=1S/C12H26O2S.Na/c1-2-3-4-5-6-7-8-9-10-11-12-14-15-13;/h15H,2-12H2,1H3;. The Morgan fingerprint density at radius 3 is 1.69 bits per heavy atom. The van der Waals surface area contributed by atoms with E-state index >= 15 is 0 Å². The first kappa shape index (κ1) is 19.4. The Morgan fingerprint density at radius 1 is 0.812 bits per heavy atom. The van der Waals surface area contributed by atoms with E-state index < -0.39 is 0 Å². The van der Waals surface area contributed by atoms with Crippen molar-refractivity contribution in [1.29, 1.82) is 0 Å². The number of thiol groups is 1. The molecule has 0 aromatic heterocycles. The first-order chi connectivity index (χ1) is 7.41. The molecule has 0 fully saturated rings. The maximum absolute atomic E-state index is 9.94. The molecule has 0 aromatic rings. The average Bonchev–Trinajstić information content (AvgIpc) is 2.26. The Kier molecular flexibility index (Phi) is 22.5. The normalized spacial score (nSPS) is 10.1. The largest absolute Gasteiger partial charge is 0.293 e. The van der Waals surface area contributed by atoms with Crippen molar-refractivity contribution in [3.05, 3.63) is 0 Å².